The summed E-state index contributed by atoms with van der Waals surface area (Å²) in [6, 6.07) is 11.9. The molecule has 0 aliphatic carbocycles. The normalized spacial score (nSPS) is 13.6. The van der Waals surface area contributed by atoms with Gasteiger partial charge in [0.2, 0.25) is 0 Å². The van der Waals surface area contributed by atoms with Gasteiger partial charge in [0, 0.05) is 14.2 Å². The lowest BCUT2D eigenvalue weighted by Gasteiger charge is -2.15. The number of aliphatic hydroxyl groups is 1. The Morgan fingerprint density at radius 1 is 1.06 bits per heavy atom. The molecule has 0 saturated heterocycles. The number of thiophene rings is 1. The Hall–Kier alpha value is -0.640. The molecule has 1 N–H and O–H groups in total. The zero-order valence-corrected chi connectivity index (χ0v) is 13.2. The Labute approximate surface area is 121 Å². The molecule has 2 aromatic rings. The number of hydrogen-bond acceptors (Lipinski definition) is 2. The lowest BCUT2D eigenvalue weighted by Crippen LogP contribution is -2.07. The second-order valence-electron chi connectivity index (χ2n) is 5.41. The second kappa shape index (κ2) is 5.16. The lowest BCUT2D eigenvalue weighted by molar-refractivity contribution is 0.224. The van der Waals surface area contributed by atoms with E-state index < -0.39 is 6.10 Å². The molecule has 1 aromatic heterocycles. The molecule has 0 fully saturated rings. The van der Waals surface area contributed by atoms with Crippen LogP contribution in [0.25, 0.3) is 0 Å². The highest BCUT2D eigenvalue weighted by Crippen LogP contribution is 2.34. The molecule has 1 atom stereocenters. The Bertz CT molecular complexity index is 522. The maximum atomic E-state index is 10.4. The molecule has 1 unspecified atom stereocenters. The molecule has 0 saturated carbocycles. The highest BCUT2D eigenvalue weighted by Gasteiger charge is 2.19. The van der Waals surface area contributed by atoms with E-state index in [0.29, 0.717) is 0 Å². The monoisotopic (exact) mass is 324 g/mol. The van der Waals surface area contributed by atoms with Gasteiger partial charge < -0.3 is 5.11 Å². The molecule has 1 nitrogen and oxygen atoms in total. The van der Waals surface area contributed by atoms with E-state index in [9.17, 15) is 5.11 Å². The third-order valence-corrected chi connectivity index (χ3v) is 4.91. The van der Waals surface area contributed by atoms with Crippen molar-refractivity contribution in [2.45, 2.75) is 32.3 Å². The molecule has 3 heteroatoms. The van der Waals surface area contributed by atoms with Gasteiger partial charge in [0.05, 0.1) is 0 Å². The van der Waals surface area contributed by atoms with Crippen molar-refractivity contribution in [1.29, 1.82) is 0 Å². The summed E-state index contributed by atoms with van der Waals surface area (Å²) < 4.78 is 1.03. The van der Waals surface area contributed by atoms with Crippen LogP contribution in [0.15, 0.2) is 40.9 Å². The van der Waals surface area contributed by atoms with Crippen LogP contribution in [0.3, 0.4) is 0 Å². The van der Waals surface area contributed by atoms with Gasteiger partial charge in [0.25, 0.3) is 0 Å². The number of halogens is 1. The van der Waals surface area contributed by atoms with E-state index in [0.717, 1.165) is 14.9 Å². The third kappa shape index (κ3) is 3.02. The van der Waals surface area contributed by atoms with E-state index in [4.69, 9.17) is 0 Å². The quantitative estimate of drug-likeness (QED) is 0.833. The van der Waals surface area contributed by atoms with E-state index in [2.05, 4.69) is 42.8 Å². The van der Waals surface area contributed by atoms with E-state index in [-0.39, 0.29) is 5.41 Å². The van der Waals surface area contributed by atoms with Gasteiger partial charge in [0.15, 0.2) is 0 Å². The van der Waals surface area contributed by atoms with Crippen molar-refractivity contribution in [2.75, 3.05) is 0 Å². The first-order valence-corrected chi connectivity index (χ1v) is 7.52. The Morgan fingerprint density at radius 2 is 1.67 bits per heavy atom. The Morgan fingerprint density at radius 3 is 2.17 bits per heavy atom. The largest absolute Gasteiger partial charge is 0.383 e. The van der Waals surface area contributed by atoms with Gasteiger partial charge in [-0.1, -0.05) is 48.8 Å². The summed E-state index contributed by atoms with van der Waals surface area (Å²) in [4.78, 5) is 2.30. The minimum Gasteiger partial charge on any atom is -0.383 e. The summed E-state index contributed by atoms with van der Waals surface area (Å²) in [5, 5.41) is 10.4. The Balaban J connectivity index is 2.26. The Kier molecular flexibility index (Phi) is 3.95. The van der Waals surface area contributed by atoms with Crippen LogP contribution in [0.1, 0.15) is 42.2 Å². The molecule has 0 bridgehead atoms. The van der Waals surface area contributed by atoms with E-state index in [1.54, 1.807) is 11.3 Å². The molecule has 0 radical (unpaired) electrons. The topological polar surface area (TPSA) is 20.2 Å². The molecule has 0 spiro atoms. The van der Waals surface area contributed by atoms with Gasteiger partial charge >= 0.3 is 0 Å². The van der Waals surface area contributed by atoms with Crippen molar-refractivity contribution in [3.8, 4) is 0 Å². The first-order chi connectivity index (χ1) is 8.38. The molecule has 0 aliphatic rings. The van der Waals surface area contributed by atoms with E-state index in [1.807, 2.05) is 30.3 Å². The minimum atomic E-state index is -0.529. The fraction of sp³-hybridized carbons (Fsp3) is 0.333. The first-order valence-electron chi connectivity index (χ1n) is 5.91. The predicted octanol–water partition coefficient (Wildman–Crippen LogP) is 4.89. The highest BCUT2D eigenvalue weighted by atomic mass is 79.9. The number of hydrogen-bond donors (Lipinski definition) is 1. The summed E-state index contributed by atoms with van der Waals surface area (Å²) in [5.41, 5.74) is 1.07. The van der Waals surface area contributed by atoms with Crippen molar-refractivity contribution in [3.63, 3.8) is 0 Å². The molecule has 18 heavy (non-hydrogen) atoms. The lowest BCUT2D eigenvalue weighted by atomic mass is 9.95. The average Bonchev–Trinajstić information content (AvgIpc) is 2.78. The zero-order valence-electron chi connectivity index (χ0n) is 10.8. The summed E-state index contributed by atoms with van der Waals surface area (Å²) in [7, 11) is 0. The fourth-order valence-corrected chi connectivity index (χ4v) is 3.06. The molecule has 0 aliphatic heterocycles. The van der Waals surface area contributed by atoms with Crippen LogP contribution in [0.4, 0.5) is 0 Å². The third-order valence-electron chi connectivity index (χ3n) is 2.82. The summed E-state index contributed by atoms with van der Waals surface area (Å²) in [6.07, 6.45) is -0.529. The number of benzene rings is 1. The molecule has 2 rings (SSSR count). The maximum absolute atomic E-state index is 10.4. The van der Waals surface area contributed by atoms with Crippen LogP contribution >= 0.6 is 27.3 Å². The van der Waals surface area contributed by atoms with Crippen molar-refractivity contribution in [1.82, 2.24) is 0 Å². The minimum absolute atomic E-state index is 0.141. The van der Waals surface area contributed by atoms with Gasteiger partial charge in [-0.25, -0.2) is 0 Å². The van der Waals surface area contributed by atoms with Gasteiger partial charge in [-0.2, -0.15) is 0 Å². The van der Waals surface area contributed by atoms with Crippen molar-refractivity contribution < 1.29 is 5.11 Å². The van der Waals surface area contributed by atoms with Crippen LogP contribution in [0.5, 0.6) is 0 Å². The van der Waals surface area contributed by atoms with Gasteiger partial charge in [-0.05, 0) is 35.2 Å². The summed E-state index contributed by atoms with van der Waals surface area (Å²) in [5.74, 6) is 0. The van der Waals surface area contributed by atoms with Gasteiger partial charge in [-0.15, -0.1) is 11.3 Å². The molecular weight excluding hydrogens is 308 g/mol. The SMILES string of the molecule is CC(C)(C)c1ccc(C(O)c2ccc(Br)cc2)s1. The first kappa shape index (κ1) is 13.8. The number of rotatable bonds is 2. The zero-order chi connectivity index (χ0) is 13.3. The standard InChI is InChI=1S/C15H17BrOS/c1-15(2,3)13-9-8-12(18-13)14(17)10-4-6-11(16)7-5-10/h4-9,14,17H,1-3H3. The number of aliphatic hydroxyl groups excluding tert-OH is 1. The van der Waals surface area contributed by atoms with E-state index >= 15 is 0 Å². The molecule has 1 aromatic carbocycles. The maximum Gasteiger partial charge on any atom is 0.113 e. The molecule has 0 amide bonds. The average molecular weight is 325 g/mol. The van der Waals surface area contributed by atoms with Crippen molar-refractivity contribution >= 4 is 27.3 Å². The van der Waals surface area contributed by atoms with Crippen molar-refractivity contribution in [3.05, 3.63) is 56.2 Å². The van der Waals surface area contributed by atoms with Crippen LogP contribution in [-0.2, 0) is 5.41 Å². The van der Waals surface area contributed by atoms with Crippen molar-refractivity contribution in [2.24, 2.45) is 0 Å². The predicted molar refractivity (Wildman–Crippen MR) is 81.2 cm³/mol. The van der Waals surface area contributed by atoms with Crippen LogP contribution < -0.4 is 0 Å². The van der Waals surface area contributed by atoms with Gasteiger partial charge in [-0.3, -0.25) is 0 Å². The van der Waals surface area contributed by atoms with Crippen LogP contribution in [0, 0.1) is 0 Å². The highest BCUT2D eigenvalue weighted by molar-refractivity contribution is 9.10. The summed E-state index contributed by atoms with van der Waals surface area (Å²) >= 11 is 5.09. The van der Waals surface area contributed by atoms with E-state index in [1.165, 1.54) is 4.88 Å². The van der Waals surface area contributed by atoms with Crippen LogP contribution in [0.2, 0.25) is 0 Å². The smallest absolute Gasteiger partial charge is 0.113 e. The fourth-order valence-electron chi connectivity index (χ4n) is 1.71. The second-order valence-corrected chi connectivity index (χ2v) is 7.44. The van der Waals surface area contributed by atoms with Gasteiger partial charge in [0.1, 0.15) is 6.10 Å². The molecule has 96 valence electrons. The molecular formula is C15H17BrOS. The summed E-state index contributed by atoms with van der Waals surface area (Å²) in [6.45, 7) is 6.57. The molecule has 1 heterocycles. The van der Waals surface area contributed by atoms with Crippen LogP contribution in [-0.4, -0.2) is 5.11 Å².